The van der Waals surface area contributed by atoms with Crippen LogP contribution in [0.4, 0.5) is 0 Å². The lowest BCUT2D eigenvalue weighted by Gasteiger charge is -2.22. The van der Waals surface area contributed by atoms with E-state index in [1.54, 1.807) is 0 Å². The number of rotatable bonds is 42. The number of amides is 1. The van der Waals surface area contributed by atoms with Gasteiger partial charge in [0.05, 0.1) is 25.4 Å². The number of aliphatic hydroxyl groups is 2. The van der Waals surface area contributed by atoms with E-state index in [4.69, 9.17) is 4.74 Å². The fourth-order valence-corrected chi connectivity index (χ4v) is 6.78. The highest BCUT2D eigenvalue weighted by Gasteiger charge is 2.20. The minimum atomic E-state index is -0.682. The lowest BCUT2D eigenvalue weighted by molar-refractivity contribution is -0.143. The van der Waals surface area contributed by atoms with Crippen LogP contribution in [0.1, 0.15) is 232 Å². The van der Waals surface area contributed by atoms with Crippen LogP contribution in [-0.2, 0) is 14.3 Å². The molecular weight excluding hydrogens is 671 g/mol. The average molecular weight is 760 g/mol. The van der Waals surface area contributed by atoms with Gasteiger partial charge in [-0.3, -0.25) is 9.59 Å². The van der Waals surface area contributed by atoms with Crippen molar-refractivity contribution in [1.82, 2.24) is 5.32 Å². The number of hydrogen-bond donors (Lipinski definition) is 3. The largest absolute Gasteiger partial charge is 0.466 e. The Balaban J connectivity index is 3.54. The molecule has 0 aliphatic heterocycles. The third-order valence-corrected chi connectivity index (χ3v) is 10.4. The predicted octanol–water partition coefficient (Wildman–Crippen LogP) is 13.3. The summed E-state index contributed by atoms with van der Waals surface area (Å²) < 4.78 is 5.42. The van der Waals surface area contributed by atoms with Crippen molar-refractivity contribution in [3.63, 3.8) is 0 Å². The van der Waals surface area contributed by atoms with Gasteiger partial charge in [-0.1, -0.05) is 172 Å². The molecule has 6 nitrogen and oxygen atoms in total. The molecule has 0 radical (unpaired) electrons. The molecule has 0 saturated carbocycles. The minimum absolute atomic E-state index is 0.0463. The molecule has 0 rings (SSSR count). The summed E-state index contributed by atoms with van der Waals surface area (Å²) in [7, 11) is 0. The van der Waals surface area contributed by atoms with Gasteiger partial charge in [-0.15, -0.1) is 0 Å². The van der Waals surface area contributed by atoms with Crippen molar-refractivity contribution in [2.75, 3.05) is 13.2 Å². The zero-order chi connectivity index (χ0) is 39.4. The molecule has 0 aliphatic rings. The fraction of sp³-hybridized carbons (Fsp3) is 0.833. The molecule has 1 amide bonds. The maximum atomic E-state index is 12.4. The van der Waals surface area contributed by atoms with Crippen LogP contribution in [0, 0.1) is 0 Å². The number of esters is 1. The van der Waals surface area contributed by atoms with E-state index in [9.17, 15) is 19.8 Å². The summed E-state index contributed by atoms with van der Waals surface area (Å²) in [5.74, 6) is -0.114. The first-order valence-corrected chi connectivity index (χ1v) is 23.2. The number of aliphatic hydroxyl groups excluding tert-OH is 2. The molecule has 6 heteroatoms. The molecule has 2 atom stereocenters. The van der Waals surface area contributed by atoms with Crippen LogP contribution in [0.3, 0.4) is 0 Å². The first-order chi connectivity index (χ1) is 26.5. The number of hydrogen-bond acceptors (Lipinski definition) is 5. The molecule has 316 valence electrons. The van der Waals surface area contributed by atoms with E-state index >= 15 is 0 Å². The number of nitrogens with one attached hydrogen (secondary N) is 1. The first-order valence-electron chi connectivity index (χ1n) is 23.2. The normalized spacial score (nSPS) is 13.0. The van der Waals surface area contributed by atoms with Gasteiger partial charge in [-0.2, -0.15) is 0 Å². The molecule has 2 unspecified atom stereocenters. The van der Waals surface area contributed by atoms with E-state index in [0.29, 0.717) is 25.9 Å². The van der Waals surface area contributed by atoms with Gasteiger partial charge < -0.3 is 20.3 Å². The number of allylic oxidation sites excluding steroid dienone is 6. The zero-order valence-corrected chi connectivity index (χ0v) is 35.7. The summed E-state index contributed by atoms with van der Waals surface area (Å²) in [6.45, 7) is 4.81. The molecule has 0 aromatic rings. The summed E-state index contributed by atoms with van der Waals surface area (Å²) in [5.41, 5.74) is 0. The lowest BCUT2D eigenvalue weighted by atomic mass is 10.0. The van der Waals surface area contributed by atoms with Gasteiger partial charge >= 0.3 is 5.97 Å². The standard InChI is InChI=1S/C48H89NO5/c1-3-5-7-9-11-13-15-16-17-18-22-26-30-34-38-42-48(53)54-43-39-35-31-27-23-19-21-25-29-33-37-41-47(52)49-45(44-50)46(51)40-36-32-28-24-20-14-12-10-8-6-4-2/h11,13,16-17,23,27,45-46,50-51H,3-10,12,14-15,18-22,24-26,28-44H2,1-2H3,(H,49,52)/b13-11-,17-16-,27-23-. The van der Waals surface area contributed by atoms with E-state index in [1.807, 2.05) is 0 Å². The van der Waals surface area contributed by atoms with E-state index in [0.717, 1.165) is 96.3 Å². The highest BCUT2D eigenvalue weighted by Crippen LogP contribution is 2.15. The third-order valence-electron chi connectivity index (χ3n) is 10.4. The summed E-state index contributed by atoms with van der Waals surface area (Å²) in [5, 5.41) is 23.1. The Labute approximate surface area is 334 Å². The fourth-order valence-electron chi connectivity index (χ4n) is 6.78. The van der Waals surface area contributed by atoms with Crippen LogP contribution in [0.5, 0.6) is 0 Å². The van der Waals surface area contributed by atoms with Crippen molar-refractivity contribution in [2.24, 2.45) is 0 Å². The summed E-state index contributed by atoms with van der Waals surface area (Å²) in [4.78, 5) is 24.4. The van der Waals surface area contributed by atoms with Gasteiger partial charge in [0.2, 0.25) is 5.91 Å². The monoisotopic (exact) mass is 760 g/mol. The van der Waals surface area contributed by atoms with E-state index in [1.165, 1.54) is 103 Å². The van der Waals surface area contributed by atoms with Crippen molar-refractivity contribution in [3.05, 3.63) is 36.5 Å². The Morgan fingerprint density at radius 1 is 0.519 bits per heavy atom. The second kappa shape index (κ2) is 43.8. The Bertz CT molecular complexity index is 884. The van der Waals surface area contributed by atoms with Gasteiger partial charge in [-0.05, 0) is 83.5 Å². The molecule has 0 fully saturated rings. The van der Waals surface area contributed by atoms with E-state index < -0.39 is 12.1 Å². The minimum Gasteiger partial charge on any atom is -0.466 e. The van der Waals surface area contributed by atoms with Crippen LogP contribution in [0.2, 0.25) is 0 Å². The van der Waals surface area contributed by atoms with Gasteiger partial charge in [0.1, 0.15) is 0 Å². The van der Waals surface area contributed by atoms with Crippen molar-refractivity contribution in [3.8, 4) is 0 Å². The van der Waals surface area contributed by atoms with Gasteiger partial charge in [0.15, 0.2) is 0 Å². The van der Waals surface area contributed by atoms with Gasteiger partial charge in [0.25, 0.3) is 0 Å². The molecule has 54 heavy (non-hydrogen) atoms. The Hall–Kier alpha value is -1.92. The SMILES string of the molecule is CCCCC/C=C\C/C=C\CCCCCCCC(=O)OCCCC/C=C\CCCCCCCC(=O)NC(CO)C(O)CCCCCCCCCCCCC. The molecule has 0 aliphatic carbocycles. The lowest BCUT2D eigenvalue weighted by Crippen LogP contribution is -2.45. The quantitative estimate of drug-likeness (QED) is 0.0327. The van der Waals surface area contributed by atoms with Crippen molar-refractivity contribution in [1.29, 1.82) is 0 Å². The highest BCUT2D eigenvalue weighted by molar-refractivity contribution is 5.76. The van der Waals surface area contributed by atoms with Crippen LogP contribution >= 0.6 is 0 Å². The van der Waals surface area contributed by atoms with Crippen LogP contribution in [-0.4, -0.2) is 47.4 Å². The third kappa shape index (κ3) is 39.8. The van der Waals surface area contributed by atoms with Crippen molar-refractivity contribution >= 4 is 11.9 Å². The summed E-state index contributed by atoms with van der Waals surface area (Å²) in [6.07, 6.45) is 51.0. The van der Waals surface area contributed by atoms with E-state index in [-0.39, 0.29) is 18.5 Å². The molecule has 0 spiro atoms. The molecule has 0 bridgehead atoms. The second-order valence-corrected chi connectivity index (χ2v) is 15.7. The van der Waals surface area contributed by atoms with Gasteiger partial charge in [-0.25, -0.2) is 0 Å². The molecule has 0 heterocycles. The Morgan fingerprint density at radius 2 is 0.926 bits per heavy atom. The molecule has 0 saturated heterocycles. The highest BCUT2D eigenvalue weighted by atomic mass is 16.5. The second-order valence-electron chi connectivity index (χ2n) is 15.7. The molecule has 0 aromatic heterocycles. The number of carbonyl (C=O) groups excluding carboxylic acids is 2. The smallest absolute Gasteiger partial charge is 0.305 e. The maximum Gasteiger partial charge on any atom is 0.305 e. The number of ether oxygens (including phenoxy) is 1. The van der Waals surface area contributed by atoms with Crippen molar-refractivity contribution in [2.45, 2.75) is 244 Å². The maximum absolute atomic E-state index is 12.4. The predicted molar refractivity (Wildman–Crippen MR) is 232 cm³/mol. The first kappa shape index (κ1) is 52.1. The summed E-state index contributed by atoms with van der Waals surface area (Å²) >= 11 is 0. The van der Waals surface area contributed by atoms with Crippen LogP contribution < -0.4 is 5.32 Å². The number of carbonyl (C=O) groups is 2. The topological polar surface area (TPSA) is 95.9 Å². The Kier molecular flexibility index (Phi) is 42.2. The van der Waals surface area contributed by atoms with Crippen LogP contribution in [0.15, 0.2) is 36.5 Å². The van der Waals surface area contributed by atoms with E-state index in [2.05, 4.69) is 55.6 Å². The van der Waals surface area contributed by atoms with Crippen LogP contribution in [0.25, 0.3) is 0 Å². The molecule has 0 aromatic carbocycles. The Morgan fingerprint density at radius 3 is 1.46 bits per heavy atom. The molecule has 3 N–H and O–H groups in total. The molecular formula is C48H89NO5. The number of unbranched alkanes of at least 4 members (excludes halogenated alkanes) is 25. The van der Waals surface area contributed by atoms with Crippen molar-refractivity contribution < 1.29 is 24.5 Å². The average Bonchev–Trinajstić information content (AvgIpc) is 3.17. The zero-order valence-electron chi connectivity index (χ0n) is 35.7. The van der Waals surface area contributed by atoms with Gasteiger partial charge in [0, 0.05) is 12.8 Å². The summed E-state index contributed by atoms with van der Waals surface area (Å²) in [6, 6.07) is -0.562.